The van der Waals surface area contributed by atoms with Gasteiger partial charge in [0.05, 0.1) is 0 Å². The fourth-order valence-electron chi connectivity index (χ4n) is 2.42. The average Bonchev–Trinajstić information content (AvgIpc) is 2.78. The number of hydrogen-bond acceptors (Lipinski definition) is 2. The first kappa shape index (κ1) is 12.6. The molecule has 0 aliphatic carbocycles. The van der Waals surface area contributed by atoms with E-state index >= 15 is 0 Å². The smallest absolute Gasteiger partial charge is 0.292 e. The highest BCUT2D eigenvalue weighted by Gasteiger charge is 2.40. The van der Waals surface area contributed by atoms with Gasteiger partial charge in [-0.2, -0.15) is 4.58 Å². The molecule has 0 saturated carbocycles. The Labute approximate surface area is 107 Å². The SMILES string of the molecule is CN1C(=O)C2CC=C[N+]2=CC1CCCNC(=N)N. The van der Waals surface area contributed by atoms with E-state index in [4.69, 9.17) is 11.1 Å². The largest absolute Gasteiger partial charge is 0.370 e. The summed E-state index contributed by atoms with van der Waals surface area (Å²) in [6.45, 7) is 0.668. The summed E-state index contributed by atoms with van der Waals surface area (Å²) >= 11 is 0. The van der Waals surface area contributed by atoms with E-state index < -0.39 is 0 Å². The number of nitrogens with one attached hydrogen (secondary N) is 2. The molecule has 1 amide bonds. The number of guanidine groups is 1. The van der Waals surface area contributed by atoms with Crippen LogP contribution in [0.15, 0.2) is 12.3 Å². The summed E-state index contributed by atoms with van der Waals surface area (Å²) in [5.74, 6) is 0.182. The first-order valence-corrected chi connectivity index (χ1v) is 6.23. The van der Waals surface area contributed by atoms with Crippen LogP contribution in [0.1, 0.15) is 19.3 Å². The van der Waals surface area contributed by atoms with Crippen LogP contribution in [0.25, 0.3) is 0 Å². The Morgan fingerprint density at radius 3 is 3.22 bits per heavy atom. The molecule has 18 heavy (non-hydrogen) atoms. The third-order valence-corrected chi connectivity index (χ3v) is 3.46. The van der Waals surface area contributed by atoms with Crippen LogP contribution < -0.4 is 11.1 Å². The third-order valence-electron chi connectivity index (χ3n) is 3.46. The lowest BCUT2D eigenvalue weighted by Gasteiger charge is -2.29. The molecule has 6 nitrogen and oxygen atoms in total. The zero-order valence-electron chi connectivity index (χ0n) is 10.6. The summed E-state index contributed by atoms with van der Waals surface area (Å²) in [5, 5.41) is 9.84. The van der Waals surface area contributed by atoms with Crippen LogP contribution in [0.3, 0.4) is 0 Å². The van der Waals surface area contributed by atoms with E-state index in [2.05, 4.69) is 11.5 Å². The van der Waals surface area contributed by atoms with E-state index in [1.165, 1.54) is 0 Å². The zero-order chi connectivity index (χ0) is 13.1. The molecule has 2 heterocycles. The number of nitrogens with two attached hydrogens (primary N) is 1. The van der Waals surface area contributed by atoms with Crippen LogP contribution in [-0.2, 0) is 4.79 Å². The van der Waals surface area contributed by atoms with Crippen molar-refractivity contribution in [1.82, 2.24) is 10.2 Å². The fourth-order valence-corrected chi connectivity index (χ4v) is 2.42. The van der Waals surface area contributed by atoms with Gasteiger partial charge in [0.25, 0.3) is 5.91 Å². The summed E-state index contributed by atoms with van der Waals surface area (Å²) in [6.07, 6.45) is 8.69. The van der Waals surface area contributed by atoms with Gasteiger partial charge in [-0.3, -0.25) is 10.2 Å². The molecule has 2 atom stereocenters. The predicted octanol–water partition coefficient (Wildman–Crippen LogP) is -0.540. The average molecular weight is 250 g/mol. The highest BCUT2D eigenvalue weighted by Crippen LogP contribution is 2.18. The second-order valence-electron chi connectivity index (χ2n) is 4.73. The number of amides is 1. The molecule has 4 N–H and O–H groups in total. The first-order valence-electron chi connectivity index (χ1n) is 6.23. The molecular formula is C12H20N5O+. The van der Waals surface area contributed by atoms with Crippen molar-refractivity contribution in [2.45, 2.75) is 31.3 Å². The minimum atomic E-state index is -0.0263. The summed E-state index contributed by atoms with van der Waals surface area (Å²) < 4.78 is 2.02. The lowest BCUT2D eigenvalue weighted by molar-refractivity contribution is -0.478. The molecule has 98 valence electrons. The molecular weight excluding hydrogens is 230 g/mol. The van der Waals surface area contributed by atoms with E-state index in [0.717, 1.165) is 19.3 Å². The van der Waals surface area contributed by atoms with E-state index in [-0.39, 0.29) is 24.0 Å². The van der Waals surface area contributed by atoms with Crippen LogP contribution in [-0.4, -0.2) is 53.2 Å². The van der Waals surface area contributed by atoms with Gasteiger partial charge in [0.2, 0.25) is 6.04 Å². The lowest BCUT2D eigenvalue weighted by Crippen LogP contribution is -2.52. The maximum Gasteiger partial charge on any atom is 0.292 e. The van der Waals surface area contributed by atoms with E-state index in [1.54, 1.807) is 0 Å². The fraction of sp³-hybridized carbons (Fsp3) is 0.583. The summed E-state index contributed by atoms with van der Waals surface area (Å²) in [6, 6.07) is 0.104. The molecule has 0 fully saturated rings. The normalized spacial score (nSPS) is 25.9. The Kier molecular flexibility index (Phi) is 3.64. The van der Waals surface area contributed by atoms with Crippen LogP contribution in [0.5, 0.6) is 0 Å². The molecule has 2 aliphatic rings. The third kappa shape index (κ3) is 2.52. The van der Waals surface area contributed by atoms with Crippen molar-refractivity contribution in [2.24, 2.45) is 5.73 Å². The molecule has 2 rings (SSSR count). The van der Waals surface area contributed by atoms with Crippen LogP contribution in [0.4, 0.5) is 0 Å². The van der Waals surface area contributed by atoms with Crippen LogP contribution in [0, 0.1) is 5.41 Å². The minimum Gasteiger partial charge on any atom is -0.370 e. The topological polar surface area (TPSA) is 85.2 Å². The Morgan fingerprint density at radius 1 is 1.72 bits per heavy atom. The lowest BCUT2D eigenvalue weighted by atomic mass is 10.1. The molecule has 2 unspecified atom stereocenters. The standard InChI is InChI=1S/C12H20N5O/c1-16-9(4-2-6-15-12(13)14)8-17-7-3-5-10(17)11(16)18/h3,7-10H,2,4-6H2,1H3,(H4,13,14,15)/q+1. The Hall–Kier alpha value is -1.85. The number of rotatable bonds is 4. The molecule has 6 heteroatoms. The quantitative estimate of drug-likeness (QED) is 0.271. The second-order valence-corrected chi connectivity index (χ2v) is 4.73. The highest BCUT2D eigenvalue weighted by atomic mass is 16.2. The van der Waals surface area contributed by atoms with Gasteiger partial charge < -0.3 is 16.0 Å². The first-order chi connectivity index (χ1) is 8.59. The van der Waals surface area contributed by atoms with Crippen molar-refractivity contribution >= 4 is 18.1 Å². The van der Waals surface area contributed by atoms with Gasteiger partial charge in [-0.15, -0.1) is 0 Å². The van der Waals surface area contributed by atoms with Gasteiger partial charge in [-0.1, -0.05) is 0 Å². The molecule has 0 radical (unpaired) electrons. The summed E-state index contributed by atoms with van der Waals surface area (Å²) in [7, 11) is 1.86. The van der Waals surface area contributed by atoms with Crippen molar-refractivity contribution < 1.29 is 9.37 Å². The predicted molar refractivity (Wildman–Crippen MR) is 69.6 cm³/mol. The molecule has 0 saturated heterocycles. The van der Waals surface area contributed by atoms with Crippen molar-refractivity contribution in [2.75, 3.05) is 13.6 Å². The summed E-state index contributed by atoms with van der Waals surface area (Å²) in [5.41, 5.74) is 5.21. The zero-order valence-corrected chi connectivity index (χ0v) is 10.6. The molecule has 0 aromatic rings. The highest BCUT2D eigenvalue weighted by molar-refractivity contribution is 5.86. The molecule has 0 bridgehead atoms. The maximum absolute atomic E-state index is 12.1. The van der Waals surface area contributed by atoms with E-state index in [1.807, 2.05) is 28.8 Å². The second kappa shape index (κ2) is 5.20. The van der Waals surface area contributed by atoms with Gasteiger partial charge >= 0.3 is 0 Å². The van der Waals surface area contributed by atoms with Crippen LogP contribution >= 0.6 is 0 Å². The van der Waals surface area contributed by atoms with Gasteiger partial charge in [0, 0.05) is 20.0 Å². The van der Waals surface area contributed by atoms with Crippen molar-refractivity contribution in [1.29, 1.82) is 5.41 Å². The number of nitrogens with zero attached hydrogens (tertiary/aromatic N) is 2. The van der Waals surface area contributed by atoms with Crippen molar-refractivity contribution in [3.63, 3.8) is 0 Å². The number of likely N-dealkylation sites (N-methyl/N-ethyl adjacent to an activating group) is 1. The molecule has 0 spiro atoms. The summed E-state index contributed by atoms with van der Waals surface area (Å²) in [4.78, 5) is 13.9. The Morgan fingerprint density at radius 2 is 2.50 bits per heavy atom. The molecule has 0 aromatic carbocycles. The Balaban J connectivity index is 1.91. The molecule has 0 aromatic heterocycles. The van der Waals surface area contributed by atoms with Gasteiger partial charge in [0.15, 0.2) is 18.4 Å². The van der Waals surface area contributed by atoms with Gasteiger partial charge in [0.1, 0.15) is 6.04 Å². The monoisotopic (exact) mass is 250 g/mol. The van der Waals surface area contributed by atoms with Gasteiger partial charge in [-0.25, -0.2) is 0 Å². The number of hydrogen-bond donors (Lipinski definition) is 3. The number of carbonyl (C=O) groups is 1. The van der Waals surface area contributed by atoms with E-state index in [9.17, 15) is 4.79 Å². The van der Waals surface area contributed by atoms with Crippen LogP contribution in [0.2, 0.25) is 0 Å². The van der Waals surface area contributed by atoms with Crippen molar-refractivity contribution in [3.05, 3.63) is 12.3 Å². The van der Waals surface area contributed by atoms with Gasteiger partial charge in [-0.05, 0) is 18.9 Å². The Bertz CT molecular complexity index is 415. The molecule has 2 aliphatic heterocycles. The minimum absolute atomic E-state index is 0.00500. The maximum atomic E-state index is 12.1. The number of fused-ring (bicyclic) bond motifs is 1. The number of carbonyl (C=O) groups excluding carboxylic acids is 1. The van der Waals surface area contributed by atoms with Crippen molar-refractivity contribution in [3.8, 4) is 0 Å². The van der Waals surface area contributed by atoms with E-state index in [0.29, 0.717) is 6.54 Å².